The molecule has 1 aliphatic heterocycles. The lowest BCUT2D eigenvalue weighted by atomic mass is 10.2. The Morgan fingerprint density at radius 2 is 1.96 bits per heavy atom. The van der Waals surface area contributed by atoms with Gasteiger partial charge in [-0.1, -0.05) is 0 Å². The molecule has 0 aliphatic carbocycles. The van der Waals surface area contributed by atoms with E-state index in [9.17, 15) is 16.8 Å². The van der Waals surface area contributed by atoms with E-state index < -0.39 is 20.0 Å². The zero-order chi connectivity index (χ0) is 18.4. The number of aromatic amines is 1. The highest BCUT2D eigenvalue weighted by Gasteiger charge is 2.29. The molecule has 0 unspecified atom stereocenters. The van der Waals surface area contributed by atoms with E-state index in [-0.39, 0.29) is 10.6 Å². The molecule has 1 aromatic heterocycles. The summed E-state index contributed by atoms with van der Waals surface area (Å²) in [5, 5.41) is 6.56. The fraction of sp³-hybridized carbons (Fsp3) is 0.400. The SMILES string of the molecule is Cc1cc(NS(=O)(=O)c2c(C)n[nH]c2C)ccc1N1CCCS1(=O)=O. The van der Waals surface area contributed by atoms with Crippen molar-refractivity contribution in [1.29, 1.82) is 0 Å². The van der Waals surface area contributed by atoms with Crippen LogP contribution >= 0.6 is 0 Å². The third kappa shape index (κ3) is 3.23. The third-order valence-electron chi connectivity index (χ3n) is 4.15. The van der Waals surface area contributed by atoms with E-state index in [0.717, 1.165) is 0 Å². The van der Waals surface area contributed by atoms with Gasteiger partial charge in [-0.05, 0) is 51.0 Å². The molecule has 1 fully saturated rings. The average Bonchev–Trinajstić information content (AvgIpc) is 3.01. The maximum Gasteiger partial charge on any atom is 0.265 e. The highest BCUT2D eigenvalue weighted by molar-refractivity contribution is 7.93. The minimum atomic E-state index is -3.78. The summed E-state index contributed by atoms with van der Waals surface area (Å²) in [5.41, 5.74) is 2.49. The molecule has 0 saturated carbocycles. The molecule has 2 N–H and O–H groups in total. The summed E-state index contributed by atoms with van der Waals surface area (Å²) in [6.07, 6.45) is 0.592. The Balaban J connectivity index is 1.92. The number of aryl methyl sites for hydroxylation is 3. The van der Waals surface area contributed by atoms with Crippen LogP contribution in [0, 0.1) is 20.8 Å². The molecule has 1 aliphatic rings. The average molecular weight is 384 g/mol. The lowest BCUT2D eigenvalue weighted by molar-refractivity contribution is 0.598. The summed E-state index contributed by atoms with van der Waals surface area (Å²) < 4.78 is 53.2. The first-order chi connectivity index (χ1) is 11.6. The maximum atomic E-state index is 12.6. The van der Waals surface area contributed by atoms with Crippen molar-refractivity contribution in [3.05, 3.63) is 35.2 Å². The van der Waals surface area contributed by atoms with Crippen molar-refractivity contribution in [2.75, 3.05) is 21.3 Å². The van der Waals surface area contributed by atoms with E-state index in [1.54, 1.807) is 39.0 Å². The molecule has 2 heterocycles. The van der Waals surface area contributed by atoms with Gasteiger partial charge in [0.1, 0.15) is 4.90 Å². The number of H-pyrrole nitrogens is 1. The lowest BCUT2D eigenvalue weighted by Crippen LogP contribution is -2.25. The molecule has 1 aromatic carbocycles. The first kappa shape index (κ1) is 17.7. The van der Waals surface area contributed by atoms with E-state index >= 15 is 0 Å². The van der Waals surface area contributed by atoms with E-state index in [0.29, 0.717) is 41.3 Å². The predicted molar refractivity (Wildman–Crippen MR) is 95.8 cm³/mol. The van der Waals surface area contributed by atoms with Gasteiger partial charge in [-0.3, -0.25) is 14.1 Å². The number of benzene rings is 1. The molecular weight excluding hydrogens is 364 g/mol. The summed E-state index contributed by atoms with van der Waals surface area (Å²) in [4.78, 5) is 0.122. The second-order valence-electron chi connectivity index (χ2n) is 6.11. The van der Waals surface area contributed by atoms with Gasteiger partial charge in [0, 0.05) is 12.2 Å². The van der Waals surface area contributed by atoms with Gasteiger partial charge in [0.05, 0.1) is 22.8 Å². The van der Waals surface area contributed by atoms with Crippen LogP contribution in [0.15, 0.2) is 23.1 Å². The Bertz CT molecular complexity index is 1010. The first-order valence-corrected chi connectivity index (χ1v) is 10.9. The highest BCUT2D eigenvalue weighted by Crippen LogP contribution is 2.30. The number of rotatable bonds is 4. The predicted octanol–water partition coefficient (Wildman–Crippen LogP) is 1.68. The molecule has 3 rings (SSSR count). The molecule has 0 bridgehead atoms. The van der Waals surface area contributed by atoms with Gasteiger partial charge in [-0.25, -0.2) is 16.8 Å². The summed E-state index contributed by atoms with van der Waals surface area (Å²) >= 11 is 0. The number of sulfonamides is 2. The van der Waals surface area contributed by atoms with Gasteiger partial charge >= 0.3 is 0 Å². The molecule has 10 heteroatoms. The van der Waals surface area contributed by atoms with Gasteiger partial charge in [0.15, 0.2) is 0 Å². The van der Waals surface area contributed by atoms with Crippen molar-refractivity contribution < 1.29 is 16.8 Å². The Morgan fingerprint density at radius 3 is 2.48 bits per heavy atom. The smallest absolute Gasteiger partial charge is 0.265 e. The summed E-state index contributed by atoms with van der Waals surface area (Å²) in [6, 6.07) is 4.83. The van der Waals surface area contributed by atoms with Gasteiger partial charge in [-0.2, -0.15) is 5.10 Å². The molecule has 0 amide bonds. The van der Waals surface area contributed by atoms with Crippen LogP contribution in [0.4, 0.5) is 11.4 Å². The quantitative estimate of drug-likeness (QED) is 0.833. The van der Waals surface area contributed by atoms with Crippen molar-refractivity contribution in [2.24, 2.45) is 0 Å². The van der Waals surface area contributed by atoms with Gasteiger partial charge in [0.25, 0.3) is 10.0 Å². The van der Waals surface area contributed by atoms with Gasteiger partial charge in [-0.15, -0.1) is 0 Å². The van der Waals surface area contributed by atoms with Crippen LogP contribution in [0.3, 0.4) is 0 Å². The largest absolute Gasteiger partial charge is 0.281 e. The summed E-state index contributed by atoms with van der Waals surface area (Å²) in [6.45, 7) is 5.46. The lowest BCUT2D eigenvalue weighted by Gasteiger charge is -2.20. The van der Waals surface area contributed by atoms with Crippen LogP contribution in [0.25, 0.3) is 0 Å². The molecule has 8 nitrogen and oxygen atoms in total. The van der Waals surface area contributed by atoms with E-state index in [2.05, 4.69) is 14.9 Å². The molecular formula is C15H20N4O4S2. The first-order valence-electron chi connectivity index (χ1n) is 7.77. The number of nitrogens with zero attached hydrogens (tertiary/aromatic N) is 2. The van der Waals surface area contributed by atoms with Crippen molar-refractivity contribution in [3.63, 3.8) is 0 Å². The third-order valence-corrected chi connectivity index (χ3v) is 7.65. The Labute approximate surface area is 147 Å². The van der Waals surface area contributed by atoms with Crippen molar-refractivity contribution in [3.8, 4) is 0 Å². The number of aromatic nitrogens is 2. The zero-order valence-corrected chi connectivity index (χ0v) is 15.8. The number of nitrogens with one attached hydrogen (secondary N) is 2. The van der Waals surface area contributed by atoms with E-state index in [1.165, 1.54) is 4.31 Å². The molecule has 25 heavy (non-hydrogen) atoms. The minimum absolute atomic E-state index is 0.122. The van der Waals surface area contributed by atoms with Crippen molar-refractivity contribution in [1.82, 2.24) is 10.2 Å². The Morgan fingerprint density at radius 1 is 1.24 bits per heavy atom. The Kier molecular flexibility index (Phi) is 4.28. The maximum absolute atomic E-state index is 12.6. The van der Waals surface area contributed by atoms with Crippen molar-refractivity contribution >= 4 is 31.4 Å². The highest BCUT2D eigenvalue weighted by atomic mass is 32.2. The standard InChI is InChI=1S/C15H20N4O4S2/c1-10-9-13(5-6-14(10)19-7-4-8-24(19,20)21)18-25(22,23)15-11(2)16-17-12(15)3/h5-6,9,18H,4,7-8H2,1-3H3,(H,16,17). The molecule has 0 spiro atoms. The van der Waals surface area contributed by atoms with Gasteiger partial charge < -0.3 is 0 Å². The Hall–Kier alpha value is -2.07. The van der Waals surface area contributed by atoms with Crippen LogP contribution in [0.5, 0.6) is 0 Å². The fourth-order valence-electron chi connectivity index (χ4n) is 3.05. The second kappa shape index (κ2) is 6.03. The van der Waals surface area contributed by atoms with Crippen LogP contribution in [-0.4, -0.2) is 39.3 Å². The molecule has 1 saturated heterocycles. The molecule has 2 aromatic rings. The van der Waals surface area contributed by atoms with E-state index in [4.69, 9.17) is 0 Å². The van der Waals surface area contributed by atoms with Crippen LogP contribution in [0.1, 0.15) is 23.4 Å². The summed E-state index contributed by atoms with van der Waals surface area (Å²) in [7, 11) is -7.05. The number of hydrogen-bond acceptors (Lipinski definition) is 5. The number of anilines is 2. The molecule has 136 valence electrons. The topological polar surface area (TPSA) is 112 Å². The van der Waals surface area contributed by atoms with E-state index in [1.807, 2.05) is 0 Å². The fourth-order valence-corrected chi connectivity index (χ4v) is 6.10. The minimum Gasteiger partial charge on any atom is -0.281 e. The molecule has 0 radical (unpaired) electrons. The van der Waals surface area contributed by atoms with Crippen LogP contribution in [0.2, 0.25) is 0 Å². The second-order valence-corrected chi connectivity index (χ2v) is 9.74. The van der Waals surface area contributed by atoms with Crippen LogP contribution in [-0.2, 0) is 20.0 Å². The molecule has 0 atom stereocenters. The number of hydrogen-bond donors (Lipinski definition) is 2. The summed E-state index contributed by atoms with van der Waals surface area (Å²) in [5.74, 6) is 0.139. The zero-order valence-electron chi connectivity index (χ0n) is 14.2. The van der Waals surface area contributed by atoms with Crippen molar-refractivity contribution in [2.45, 2.75) is 32.1 Å². The monoisotopic (exact) mass is 384 g/mol. The van der Waals surface area contributed by atoms with Crippen LogP contribution < -0.4 is 9.03 Å². The normalized spacial score (nSPS) is 17.0. The van der Waals surface area contributed by atoms with Gasteiger partial charge in [0.2, 0.25) is 10.0 Å².